The van der Waals surface area contributed by atoms with Crippen LogP contribution in [0, 0.1) is 0 Å². The van der Waals surface area contributed by atoms with Crippen LogP contribution in [0.25, 0.3) is 72.4 Å². The van der Waals surface area contributed by atoms with E-state index in [0.29, 0.717) is 11.4 Å². The van der Waals surface area contributed by atoms with Gasteiger partial charge < -0.3 is 9.84 Å². The number of nitrogens with zero attached hydrogens (tertiary/aromatic N) is 3. The Kier molecular flexibility index (Phi) is 7.87. The maximum absolute atomic E-state index is 11.5. The Morgan fingerprint density at radius 3 is 2.26 bits per heavy atom. The Balaban J connectivity index is 1.27. The Morgan fingerprint density at radius 2 is 1.46 bits per heavy atom. The summed E-state index contributed by atoms with van der Waals surface area (Å²) in [5.41, 5.74) is 11.9. The Labute approximate surface area is 317 Å². The van der Waals surface area contributed by atoms with Crippen LogP contribution in [0.15, 0.2) is 134 Å². The summed E-state index contributed by atoms with van der Waals surface area (Å²) >= 11 is 0. The first-order chi connectivity index (χ1) is 25.9. The Bertz CT molecular complexity index is 2750. The largest absolute Gasteiger partial charge is 0.507 e. The number of rotatable bonds is 6. The molecule has 0 unspecified atom stereocenters. The monoisotopic (exact) mass is 721 g/mol. The maximum atomic E-state index is 11.5. The zero-order chi connectivity index (χ0) is 37.4. The smallest absolute Gasteiger partial charge is 0.149 e. The van der Waals surface area contributed by atoms with Crippen molar-refractivity contribution < 1.29 is 9.84 Å². The van der Waals surface area contributed by atoms with E-state index >= 15 is 0 Å². The summed E-state index contributed by atoms with van der Waals surface area (Å²) in [6.45, 7) is 13.8. The summed E-state index contributed by atoms with van der Waals surface area (Å²) in [6, 6.07) is 45.2. The van der Waals surface area contributed by atoms with Gasteiger partial charge in [-0.2, -0.15) is 0 Å². The predicted molar refractivity (Wildman–Crippen MR) is 226 cm³/mol. The first kappa shape index (κ1) is 33.8. The van der Waals surface area contributed by atoms with E-state index in [0.717, 1.165) is 84.1 Å². The van der Waals surface area contributed by atoms with Crippen molar-refractivity contribution >= 4 is 29.9 Å². The molecule has 2 aromatic heterocycles. The number of phenolic OH excluding ortho intramolecular Hbond substituents is 1. The van der Waals surface area contributed by atoms with Crippen LogP contribution in [0.3, 0.4) is 0 Å². The lowest BCUT2D eigenvalue weighted by molar-refractivity contribution is 0.475. The van der Waals surface area contributed by atoms with Gasteiger partial charge in [0.1, 0.15) is 23.1 Å². The molecular weight excluding hydrogens is 679 g/mol. The minimum atomic E-state index is -1.33. The van der Waals surface area contributed by atoms with E-state index in [1.54, 1.807) is 6.07 Å². The fraction of sp³-hybridized carbons (Fsp3) is 0.167. The number of para-hydroxylation sites is 2. The summed E-state index contributed by atoms with van der Waals surface area (Å²) in [6.07, 6.45) is 1.92. The second kappa shape index (κ2) is 12.6. The van der Waals surface area contributed by atoms with Crippen LogP contribution in [0.4, 0.5) is 0 Å². The van der Waals surface area contributed by atoms with Gasteiger partial charge in [-0.15, -0.1) is 0 Å². The number of aromatic nitrogens is 3. The van der Waals surface area contributed by atoms with Gasteiger partial charge in [0.25, 0.3) is 0 Å². The number of imidazole rings is 1. The second-order valence-electron chi connectivity index (χ2n) is 16.7. The number of fused-ring (bicyclic) bond motifs is 3. The Hall–Kier alpha value is -5.98. The fourth-order valence-corrected chi connectivity index (χ4v) is 9.32. The quantitative estimate of drug-likeness (QED) is 0.174. The number of benzene rings is 6. The number of ether oxygens (including phenoxy) is 1. The van der Waals surface area contributed by atoms with Crippen molar-refractivity contribution in [3.05, 3.63) is 145 Å². The third kappa shape index (κ3) is 5.87. The van der Waals surface area contributed by atoms with Crippen LogP contribution in [0.1, 0.15) is 31.9 Å². The van der Waals surface area contributed by atoms with Gasteiger partial charge in [0, 0.05) is 31.0 Å². The van der Waals surface area contributed by atoms with Crippen molar-refractivity contribution in [1.29, 1.82) is 0 Å². The van der Waals surface area contributed by atoms with Gasteiger partial charge in [-0.05, 0) is 87.6 Å². The molecule has 6 heteroatoms. The van der Waals surface area contributed by atoms with E-state index in [2.05, 4.69) is 154 Å². The first-order valence-corrected chi connectivity index (χ1v) is 22.4. The molecule has 0 fully saturated rings. The van der Waals surface area contributed by atoms with Crippen molar-refractivity contribution in [3.8, 4) is 67.8 Å². The summed E-state index contributed by atoms with van der Waals surface area (Å²) in [5.74, 6) is 2.55. The highest BCUT2D eigenvalue weighted by Crippen LogP contribution is 2.48. The van der Waals surface area contributed by atoms with E-state index in [1.165, 1.54) is 5.56 Å². The molecule has 54 heavy (non-hydrogen) atoms. The van der Waals surface area contributed by atoms with Gasteiger partial charge in [-0.1, -0.05) is 119 Å². The molecule has 0 radical (unpaired) electrons. The highest BCUT2D eigenvalue weighted by molar-refractivity contribution is 6.75. The average molecular weight is 722 g/mol. The van der Waals surface area contributed by atoms with Gasteiger partial charge in [0.05, 0.1) is 33.4 Å². The van der Waals surface area contributed by atoms with Crippen LogP contribution in [0.2, 0.25) is 19.6 Å². The second-order valence-corrected chi connectivity index (χ2v) is 22.2. The normalized spacial score (nSPS) is 12.6. The van der Waals surface area contributed by atoms with Crippen LogP contribution in [0.5, 0.6) is 17.2 Å². The molecule has 0 aliphatic carbocycles. The van der Waals surface area contributed by atoms with E-state index in [1.807, 2.05) is 18.3 Å². The van der Waals surface area contributed by atoms with Gasteiger partial charge >= 0.3 is 0 Å². The first-order valence-electron chi connectivity index (χ1n) is 18.7. The molecule has 9 rings (SSSR count). The van der Waals surface area contributed by atoms with Crippen molar-refractivity contribution in [2.24, 2.45) is 0 Å². The standard InChI is InChI=1S/C48H43N3O2Si/c1-48(2,3)34-20-21-41(52)37(28-34)47-50-45-36(16-12-18-40(45)51(47)39-17-11-10-15-35(39)31-13-8-7-9-14-31)32-19-22-42-38(27-32)46-44-33(23-24-49-46)25-30(26-43(44)53-42)29-54(4,5)6/h7-28,52H,29H2,1-6H3. The summed E-state index contributed by atoms with van der Waals surface area (Å²) < 4.78 is 8.87. The average Bonchev–Trinajstić information content (AvgIpc) is 3.53. The number of pyridine rings is 1. The lowest BCUT2D eigenvalue weighted by Gasteiger charge is -2.23. The molecule has 3 heterocycles. The van der Waals surface area contributed by atoms with E-state index in [9.17, 15) is 5.11 Å². The van der Waals surface area contributed by atoms with Crippen molar-refractivity contribution in [2.75, 3.05) is 0 Å². The molecule has 5 nitrogen and oxygen atoms in total. The topological polar surface area (TPSA) is 60.2 Å². The molecule has 1 N–H and O–H groups in total. The lowest BCUT2D eigenvalue weighted by atomic mass is 9.86. The van der Waals surface area contributed by atoms with Gasteiger partial charge in [-0.3, -0.25) is 9.55 Å². The summed E-state index contributed by atoms with van der Waals surface area (Å²) in [5, 5.41) is 13.7. The minimum Gasteiger partial charge on any atom is -0.507 e. The van der Waals surface area contributed by atoms with Crippen molar-refractivity contribution in [3.63, 3.8) is 0 Å². The minimum absolute atomic E-state index is 0.122. The predicted octanol–water partition coefficient (Wildman–Crippen LogP) is 12.8. The molecule has 266 valence electrons. The van der Waals surface area contributed by atoms with Gasteiger partial charge in [0.15, 0.2) is 0 Å². The van der Waals surface area contributed by atoms with Crippen molar-refractivity contribution in [2.45, 2.75) is 51.9 Å². The molecule has 0 atom stereocenters. The molecule has 8 aromatic rings. The van der Waals surface area contributed by atoms with Crippen LogP contribution < -0.4 is 4.74 Å². The van der Waals surface area contributed by atoms with Crippen LogP contribution in [-0.2, 0) is 11.5 Å². The van der Waals surface area contributed by atoms with E-state index < -0.39 is 8.07 Å². The number of phenols is 1. The van der Waals surface area contributed by atoms with Gasteiger partial charge in [0.2, 0.25) is 0 Å². The molecule has 6 aromatic carbocycles. The molecule has 0 spiro atoms. The molecular formula is C48H43N3O2Si. The zero-order valence-corrected chi connectivity index (χ0v) is 32.6. The van der Waals surface area contributed by atoms with E-state index in [4.69, 9.17) is 14.7 Å². The Morgan fingerprint density at radius 1 is 0.685 bits per heavy atom. The molecule has 1 aliphatic heterocycles. The number of aromatic hydroxyl groups is 1. The summed E-state index contributed by atoms with van der Waals surface area (Å²) in [4.78, 5) is 10.4. The fourth-order valence-electron chi connectivity index (χ4n) is 7.90. The van der Waals surface area contributed by atoms with Gasteiger partial charge in [-0.25, -0.2) is 4.98 Å². The SMILES string of the molecule is CC(C)(C)c1ccc(O)c(-c2nc3c(-c4ccc5c(c4)-c4nccc6cc(C[Si](C)(C)C)cc(c46)O5)cccc3n2-c2ccccc2-c2ccccc2)c1. The third-order valence-corrected chi connectivity index (χ3v) is 11.9. The number of hydrogen-bond acceptors (Lipinski definition) is 4. The zero-order valence-electron chi connectivity index (χ0n) is 31.6. The highest BCUT2D eigenvalue weighted by atomic mass is 28.3. The molecule has 1 aliphatic rings. The lowest BCUT2D eigenvalue weighted by Crippen LogP contribution is -2.23. The van der Waals surface area contributed by atoms with Crippen molar-refractivity contribution in [1.82, 2.24) is 14.5 Å². The summed E-state index contributed by atoms with van der Waals surface area (Å²) in [7, 11) is -1.33. The number of hydrogen-bond donors (Lipinski definition) is 1. The molecule has 0 saturated heterocycles. The molecule has 0 saturated carbocycles. The van der Waals surface area contributed by atoms with Crippen LogP contribution >= 0.6 is 0 Å². The van der Waals surface area contributed by atoms with Crippen LogP contribution in [-0.4, -0.2) is 27.7 Å². The van der Waals surface area contributed by atoms with E-state index in [-0.39, 0.29) is 11.2 Å². The molecule has 0 amide bonds. The maximum Gasteiger partial charge on any atom is 0.149 e. The highest BCUT2D eigenvalue weighted by Gasteiger charge is 2.27. The molecule has 0 bridgehead atoms. The third-order valence-electron chi connectivity index (χ3n) is 10.4.